The van der Waals surface area contributed by atoms with Gasteiger partial charge in [0.15, 0.2) is 0 Å². The molecule has 7 heteroatoms. The highest BCUT2D eigenvalue weighted by Crippen LogP contribution is 2.20. The molecule has 0 radical (unpaired) electrons. The molecule has 16 heavy (non-hydrogen) atoms. The lowest BCUT2D eigenvalue weighted by Gasteiger charge is -1.99. The van der Waals surface area contributed by atoms with Crippen molar-refractivity contribution in [1.82, 2.24) is 15.2 Å². The van der Waals surface area contributed by atoms with Crippen LogP contribution in [0.1, 0.15) is 5.56 Å². The summed E-state index contributed by atoms with van der Waals surface area (Å²) in [6, 6.07) is 3.37. The average Bonchev–Trinajstić information content (AvgIpc) is 2.60. The lowest BCUT2D eigenvalue weighted by molar-refractivity contribution is 0.581. The third kappa shape index (κ3) is 2.69. The van der Waals surface area contributed by atoms with Crippen LogP contribution in [0.3, 0.4) is 0 Å². The minimum Gasteiger partial charge on any atom is -0.368 e. The van der Waals surface area contributed by atoms with Crippen LogP contribution in [0.4, 0.5) is 14.7 Å². The molecule has 0 atom stereocenters. The van der Waals surface area contributed by atoms with Gasteiger partial charge in [-0.3, -0.25) is 0 Å². The molecular weight excluding hydrogens is 234 g/mol. The first-order valence-electron chi connectivity index (χ1n) is 4.39. The number of nitrogen functional groups attached to an aromatic ring is 1. The van der Waals surface area contributed by atoms with Crippen LogP contribution in [0.15, 0.2) is 23.4 Å². The Labute approximate surface area is 94.3 Å². The van der Waals surface area contributed by atoms with Crippen LogP contribution < -0.4 is 5.73 Å². The van der Waals surface area contributed by atoms with Gasteiger partial charge in [-0.2, -0.15) is 4.98 Å². The van der Waals surface area contributed by atoms with E-state index in [4.69, 9.17) is 5.73 Å². The zero-order chi connectivity index (χ0) is 11.5. The van der Waals surface area contributed by atoms with Crippen molar-refractivity contribution in [2.24, 2.45) is 0 Å². The van der Waals surface area contributed by atoms with Crippen LogP contribution in [-0.4, -0.2) is 15.2 Å². The number of anilines is 1. The van der Waals surface area contributed by atoms with E-state index in [2.05, 4.69) is 15.2 Å². The summed E-state index contributed by atoms with van der Waals surface area (Å²) < 4.78 is 25.7. The maximum Gasteiger partial charge on any atom is 0.216 e. The van der Waals surface area contributed by atoms with E-state index < -0.39 is 11.6 Å². The molecule has 2 aromatic rings. The van der Waals surface area contributed by atoms with Crippen LogP contribution in [0.25, 0.3) is 0 Å². The van der Waals surface area contributed by atoms with E-state index in [0.717, 1.165) is 6.07 Å². The van der Waals surface area contributed by atoms with Gasteiger partial charge in [0, 0.05) is 11.8 Å². The Bertz CT molecular complexity index is 480. The summed E-state index contributed by atoms with van der Waals surface area (Å²) in [6.45, 7) is 0. The first-order valence-corrected chi connectivity index (χ1v) is 5.38. The number of nitrogens with zero attached hydrogens (tertiary/aromatic N) is 2. The number of aromatic nitrogens is 3. The SMILES string of the molecule is Nc1nc(SCc2cc(F)cc(F)c2)n[nH]1. The van der Waals surface area contributed by atoms with Crippen molar-refractivity contribution in [3.63, 3.8) is 0 Å². The van der Waals surface area contributed by atoms with Crippen molar-refractivity contribution in [2.45, 2.75) is 10.9 Å². The number of nitrogens with two attached hydrogens (primary N) is 1. The summed E-state index contributed by atoms with van der Waals surface area (Å²) in [5.41, 5.74) is 5.87. The van der Waals surface area contributed by atoms with E-state index in [9.17, 15) is 8.78 Å². The molecule has 0 saturated carbocycles. The molecule has 0 aliphatic carbocycles. The molecule has 0 unspecified atom stereocenters. The number of H-pyrrole nitrogens is 1. The minimum atomic E-state index is -0.592. The number of hydrogen-bond donors (Lipinski definition) is 2. The molecule has 2 rings (SSSR count). The first kappa shape index (κ1) is 10.9. The molecule has 0 fully saturated rings. The van der Waals surface area contributed by atoms with Crippen LogP contribution in [0, 0.1) is 11.6 Å². The quantitative estimate of drug-likeness (QED) is 0.807. The molecule has 1 aromatic carbocycles. The molecule has 0 saturated heterocycles. The second kappa shape index (κ2) is 4.48. The fourth-order valence-corrected chi connectivity index (χ4v) is 1.90. The molecule has 0 bridgehead atoms. The number of halogens is 2. The van der Waals surface area contributed by atoms with Crippen molar-refractivity contribution in [3.05, 3.63) is 35.4 Å². The summed E-state index contributed by atoms with van der Waals surface area (Å²) in [6.07, 6.45) is 0. The molecule has 4 nitrogen and oxygen atoms in total. The Morgan fingerprint density at radius 1 is 1.25 bits per heavy atom. The van der Waals surface area contributed by atoms with E-state index in [-0.39, 0.29) is 5.95 Å². The number of hydrogen-bond acceptors (Lipinski definition) is 4. The number of rotatable bonds is 3. The highest BCUT2D eigenvalue weighted by molar-refractivity contribution is 7.98. The Balaban J connectivity index is 2.04. The van der Waals surface area contributed by atoms with Crippen molar-refractivity contribution in [2.75, 3.05) is 5.73 Å². The van der Waals surface area contributed by atoms with Crippen LogP contribution >= 0.6 is 11.8 Å². The van der Waals surface area contributed by atoms with Crippen molar-refractivity contribution >= 4 is 17.7 Å². The molecule has 0 spiro atoms. The van der Waals surface area contributed by atoms with E-state index in [1.54, 1.807) is 0 Å². The molecule has 3 N–H and O–H groups in total. The first-order chi connectivity index (χ1) is 7.63. The third-order valence-corrected chi connectivity index (χ3v) is 2.69. The fourth-order valence-electron chi connectivity index (χ4n) is 1.16. The number of aromatic amines is 1. The minimum absolute atomic E-state index is 0.216. The van der Waals surface area contributed by atoms with Crippen molar-refractivity contribution in [3.8, 4) is 0 Å². The van der Waals surface area contributed by atoms with Gasteiger partial charge in [0.05, 0.1) is 0 Å². The summed E-state index contributed by atoms with van der Waals surface area (Å²) in [5, 5.41) is 6.71. The molecule has 84 valence electrons. The van der Waals surface area contributed by atoms with Crippen molar-refractivity contribution in [1.29, 1.82) is 0 Å². The maximum atomic E-state index is 12.9. The fraction of sp³-hybridized carbons (Fsp3) is 0.111. The standard InChI is InChI=1S/C9H8F2N4S/c10-6-1-5(2-7(11)3-6)4-16-9-13-8(12)14-15-9/h1-3H,4H2,(H3,12,13,14,15). The van der Waals surface area contributed by atoms with Gasteiger partial charge in [0.25, 0.3) is 0 Å². The van der Waals surface area contributed by atoms with E-state index in [1.807, 2.05) is 0 Å². The van der Waals surface area contributed by atoms with Gasteiger partial charge in [-0.25, -0.2) is 13.9 Å². The second-order valence-corrected chi connectivity index (χ2v) is 4.01. The Hall–Kier alpha value is -1.63. The molecule has 1 heterocycles. The smallest absolute Gasteiger partial charge is 0.216 e. The summed E-state index contributed by atoms with van der Waals surface area (Å²) in [5.74, 6) is -0.588. The topological polar surface area (TPSA) is 67.6 Å². The molecule has 0 amide bonds. The lowest BCUT2D eigenvalue weighted by atomic mass is 10.2. The second-order valence-electron chi connectivity index (χ2n) is 3.07. The molecule has 0 aliphatic rings. The highest BCUT2D eigenvalue weighted by Gasteiger charge is 2.04. The zero-order valence-corrected chi connectivity index (χ0v) is 8.89. The van der Waals surface area contributed by atoms with E-state index >= 15 is 0 Å². The largest absolute Gasteiger partial charge is 0.368 e. The van der Waals surface area contributed by atoms with Gasteiger partial charge in [0.1, 0.15) is 11.6 Å². The van der Waals surface area contributed by atoms with Gasteiger partial charge in [-0.15, -0.1) is 5.10 Å². The van der Waals surface area contributed by atoms with Crippen molar-refractivity contribution < 1.29 is 8.78 Å². The summed E-state index contributed by atoms with van der Waals surface area (Å²) in [7, 11) is 0. The Kier molecular flexibility index (Phi) is 3.04. The zero-order valence-electron chi connectivity index (χ0n) is 8.08. The number of benzene rings is 1. The summed E-state index contributed by atoms with van der Waals surface area (Å²) in [4.78, 5) is 3.86. The Morgan fingerprint density at radius 2 is 1.94 bits per heavy atom. The van der Waals surface area contributed by atoms with Gasteiger partial charge in [0.2, 0.25) is 11.1 Å². The number of nitrogens with one attached hydrogen (secondary N) is 1. The van der Waals surface area contributed by atoms with Gasteiger partial charge >= 0.3 is 0 Å². The third-order valence-electron chi connectivity index (χ3n) is 1.77. The van der Waals surface area contributed by atoms with Crippen LogP contribution in [0.2, 0.25) is 0 Å². The molecule has 1 aromatic heterocycles. The van der Waals surface area contributed by atoms with Crippen LogP contribution in [0.5, 0.6) is 0 Å². The monoisotopic (exact) mass is 242 g/mol. The number of thioether (sulfide) groups is 1. The van der Waals surface area contributed by atoms with Gasteiger partial charge in [-0.1, -0.05) is 11.8 Å². The highest BCUT2D eigenvalue weighted by atomic mass is 32.2. The van der Waals surface area contributed by atoms with Gasteiger partial charge < -0.3 is 5.73 Å². The van der Waals surface area contributed by atoms with E-state index in [1.165, 1.54) is 23.9 Å². The predicted molar refractivity (Wildman–Crippen MR) is 56.7 cm³/mol. The van der Waals surface area contributed by atoms with Crippen LogP contribution in [-0.2, 0) is 5.75 Å². The molecule has 0 aliphatic heterocycles. The summed E-state index contributed by atoms with van der Waals surface area (Å²) >= 11 is 1.24. The normalized spacial score (nSPS) is 10.6. The predicted octanol–water partition coefficient (Wildman–Crippen LogP) is 1.96. The molecular formula is C9H8F2N4S. The maximum absolute atomic E-state index is 12.9. The Morgan fingerprint density at radius 3 is 2.50 bits per heavy atom. The van der Waals surface area contributed by atoms with Gasteiger partial charge in [-0.05, 0) is 17.7 Å². The van der Waals surface area contributed by atoms with E-state index in [0.29, 0.717) is 16.5 Å². The lowest BCUT2D eigenvalue weighted by Crippen LogP contribution is -1.87. The average molecular weight is 242 g/mol.